The molecular formula is C14H21NO4S. The van der Waals surface area contributed by atoms with E-state index in [9.17, 15) is 13.5 Å². The van der Waals surface area contributed by atoms with Crippen LogP contribution < -0.4 is 4.74 Å². The quantitative estimate of drug-likeness (QED) is 0.886. The van der Waals surface area contributed by atoms with E-state index in [1.807, 2.05) is 31.2 Å². The van der Waals surface area contributed by atoms with Gasteiger partial charge in [0.2, 0.25) is 10.0 Å². The Labute approximate surface area is 120 Å². The van der Waals surface area contributed by atoms with E-state index in [0.717, 1.165) is 5.56 Å². The van der Waals surface area contributed by atoms with Crippen LogP contribution in [0.1, 0.15) is 18.9 Å². The maximum atomic E-state index is 11.8. The van der Waals surface area contributed by atoms with Gasteiger partial charge in [-0.2, -0.15) is 4.31 Å². The molecule has 0 spiro atoms. The summed E-state index contributed by atoms with van der Waals surface area (Å²) < 4.78 is 30.5. The molecule has 112 valence electrons. The summed E-state index contributed by atoms with van der Waals surface area (Å²) in [6.07, 6.45) is 0.401. The third-order valence-electron chi connectivity index (χ3n) is 3.55. The van der Waals surface area contributed by atoms with Crippen LogP contribution in [-0.2, 0) is 10.0 Å². The summed E-state index contributed by atoms with van der Waals surface area (Å²) in [5.74, 6) is 0.747. The number of nitrogens with zero attached hydrogens (tertiary/aromatic N) is 1. The Morgan fingerprint density at radius 3 is 2.85 bits per heavy atom. The van der Waals surface area contributed by atoms with Crippen molar-refractivity contribution in [3.8, 4) is 5.75 Å². The molecule has 6 heteroatoms. The average molecular weight is 299 g/mol. The highest BCUT2D eigenvalue weighted by Crippen LogP contribution is 2.25. The monoisotopic (exact) mass is 299 g/mol. The minimum atomic E-state index is -3.24. The fourth-order valence-electron chi connectivity index (χ4n) is 2.28. The van der Waals surface area contributed by atoms with Crippen LogP contribution in [0.25, 0.3) is 0 Å². The molecule has 1 aliphatic heterocycles. The molecule has 0 saturated carbocycles. The van der Waals surface area contributed by atoms with Crippen LogP contribution in [0.15, 0.2) is 24.3 Å². The van der Waals surface area contributed by atoms with Gasteiger partial charge in [-0.25, -0.2) is 8.42 Å². The molecule has 1 aliphatic rings. The molecule has 0 bridgehead atoms. The zero-order valence-electron chi connectivity index (χ0n) is 11.9. The lowest BCUT2D eigenvalue weighted by Crippen LogP contribution is -2.41. The van der Waals surface area contributed by atoms with Crippen LogP contribution in [0.3, 0.4) is 0 Å². The van der Waals surface area contributed by atoms with E-state index >= 15 is 0 Å². The van der Waals surface area contributed by atoms with Crippen LogP contribution in [-0.4, -0.2) is 48.9 Å². The van der Waals surface area contributed by atoms with E-state index in [0.29, 0.717) is 18.7 Å². The summed E-state index contributed by atoms with van der Waals surface area (Å²) >= 11 is 0. The van der Waals surface area contributed by atoms with E-state index in [1.165, 1.54) is 4.31 Å². The fraction of sp³-hybridized carbons (Fsp3) is 0.571. The van der Waals surface area contributed by atoms with E-state index in [2.05, 4.69) is 0 Å². The van der Waals surface area contributed by atoms with Crippen molar-refractivity contribution in [1.82, 2.24) is 4.31 Å². The van der Waals surface area contributed by atoms with Crippen LogP contribution in [0, 0.1) is 6.92 Å². The van der Waals surface area contributed by atoms with Crippen molar-refractivity contribution in [2.75, 3.05) is 25.4 Å². The largest absolute Gasteiger partial charge is 0.491 e. The predicted octanol–water partition coefficient (Wildman–Crippen LogP) is 1.16. The molecule has 1 aromatic rings. The van der Waals surface area contributed by atoms with E-state index in [1.54, 1.807) is 6.92 Å². The van der Waals surface area contributed by atoms with Gasteiger partial charge in [-0.3, -0.25) is 0 Å². The molecule has 1 heterocycles. The van der Waals surface area contributed by atoms with E-state index in [-0.39, 0.29) is 18.9 Å². The number of rotatable bonds is 5. The number of sulfonamides is 1. The van der Waals surface area contributed by atoms with Gasteiger partial charge in [-0.15, -0.1) is 0 Å². The first-order valence-electron chi connectivity index (χ1n) is 6.74. The minimum absolute atomic E-state index is 0.0574. The second kappa shape index (κ2) is 5.71. The van der Waals surface area contributed by atoms with Crippen LogP contribution in [0.2, 0.25) is 0 Å². The number of ether oxygens (including phenoxy) is 1. The molecular weight excluding hydrogens is 278 g/mol. The normalized spacial score (nSPS) is 23.9. The standard InChI is InChI=1S/C14H21NO4S/c1-3-20(17,18)15-8-7-14(16,10-15)11-19-13-6-4-5-12(2)9-13/h4-6,9,16H,3,7-8,10-11H2,1-2H3/t14-/m1/s1. The first-order chi connectivity index (χ1) is 9.35. The molecule has 0 unspecified atom stereocenters. The van der Waals surface area contributed by atoms with Gasteiger partial charge in [0.15, 0.2) is 0 Å². The lowest BCUT2D eigenvalue weighted by Gasteiger charge is -2.23. The lowest BCUT2D eigenvalue weighted by molar-refractivity contribution is 0.00874. The molecule has 5 nitrogen and oxygen atoms in total. The van der Waals surface area contributed by atoms with E-state index in [4.69, 9.17) is 4.74 Å². The van der Waals surface area contributed by atoms with Crippen molar-refractivity contribution in [2.45, 2.75) is 25.9 Å². The topological polar surface area (TPSA) is 66.8 Å². The first kappa shape index (κ1) is 15.3. The van der Waals surface area contributed by atoms with Gasteiger partial charge >= 0.3 is 0 Å². The van der Waals surface area contributed by atoms with Crippen molar-refractivity contribution < 1.29 is 18.3 Å². The zero-order chi connectivity index (χ0) is 14.8. The first-order valence-corrected chi connectivity index (χ1v) is 8.35. The van der Waals surface area contributed by atoms with Gasteiger partial charge in [-0.05, 0) is 38.0 Å². The molecule has 0 aromatic heterocycles. The molecule has 1 saturated heterocycles. The van der Waals surface area contributed by atoms with Crippen molar-refractivity contribution in [1.29, 1.82) is 0 Å². The van der Waals surface area contributed by atoms with Gasteiger partial charge < -0.3 is 9.84 Å². The highest BCUT2D eigenvalue weighted by Gasteiger charge is 2.41. The van der Waals surface area contributed by atoms with Crippen molar-refractivity contribution in [2.24, 2.45) is 0 Å². The summed E-state index contributed by atoms with van der Waals surface area (Å²) in [6, 6.07) is 7.56. The summed E-state index contributed by atoms with van der Waals surface area (Å²) in [7, 11) is -3.24. The number of hydrogen-bond acceptors (Lipinski definition) is 4. The summed E-state index contributed by atoms with van der Waals surface area (Å²) in [5.41, 5.74) is -0.0255. The smallest absolute Gasteiger partial charge is 0.213 e. The third-order valence-corrected chi connectivity index (χ3v) is 5.38. The minimum Gasteiger partial charge on any atom is -0.491 e. The van der Waals surface area contributed by atoms with Crippen LogP contribution in [0.5, 0.6) is 5.75 Å². The maximum absolute atomic E-state index is 11.8. The van der Waals surface area contributed by atoms with E-state index < -0.39 is 15.6 Å². The number of aryl methyl sites for hydroxylation is 1. The SMILES string of the molecule is CCS(=O)(=O)N1CC[C@](O)(COc2cccc(C)c2)C1. The van der Waals surface area contributed by atoms with Gasteiger partial charge in [-0.1, -0.05) is 12.1 Å². The number of benzene rings is 1. The van der Waals surface area contributed by atoms with Gasteiger partial charge in [0.1, 0.15) is 18.0 Å². The molecule has 1 N–H and O–H groups in total. The Hall–Kier alpha value is -1.11. The van der Waals surface area contributed by atoms with Gasteiger partial charge in [0.25, 0.3) is 0 Å². The van der Waals surface area contributed by atoms with Crippen LogP contribution >= 0.6 is 0 Å². The summed E-state index contributed by atoms with van der Waals surface area (Å²) in [5, 5.41) is 10.4. The Balaban J connectivity index is 1.97. The van der Waals surface area contributed by atoms with Gasteiger partial charge in [0, 0.05) is 13.1 Å². The number of hydrogen-bond donors (Lipinski definition) is 1. The highest BCUT2D eigenvalue weighted by atomic mass is 32.2. The molecule has 1 fully saturated rings. The summed E-state index contributed by atoms with van der Waals surface area (Å²) in [4.78, 5) is 0. The summed E-state index contributed by atoms with van der Waals surface area (Å²) in [6.45, 7) is 4.13. The predicted molar refractivity (Wildman–Crippen MR) is 77.3 cm³/mol. The zero-order valence-corrected chi connectivity index (χ0v) is 12.7. The maximum Gasteiger partial charge on any atom is 0.213 e. The van der Waals surface area contributed by atoms with Crippen molar-refractivity contribution in [3.05, 3.63) is 29.8 Å². The highest BCUT2D eigenvalue weighted by molar-refractivity contribution is 7.89. The molecule has 0 radical (unpaired) electrons. The lowest BCUT2D eigenvalue weighted by atomic mass is 10.1. The Bertz CT molecular complexity index is 572. The van der Waals surface area contributed by atoms with Crippen molar-refractivity contribution in [3.63, 3.8) is 0 Å². The third kappa shape index (κ3) is 3.50. The van der Waals surface area contributed by atoms with Gasteiger partial charge in [0.05, 0.1) is 5.75 Å². The molecule has 0 aliphatic carbocycles. The number of β-amino-alcohol motifs (C(OH)–C–C–N with tert-alkyl or cyclic N) is 1. The molecule has 1 aromatic carbocycles. The molecule has 2 rings (SSSR count). The Morgan fingerprint density at radius 2 is 2.20 bits per heavy atom. The molecule has 20 heavy (non-hydrogen) atoms. The van der Waals surface area contributed by atoms with Crippen molar-refractivity contribution >= 4 is 10.0 Å². The second-order valence-electron chi connectivity index (χ2n) is 5.31. The Kier molecular flexibility index (Phi) is 4.36. The fourth-order valence-corrected chi connectivity index (χ4v) is 3.45. The van der Waals surface area contributed by atoms with Crippen LogP contribution in [0.4, 0.5) is 0 Å². The Morgan fingerprint density at radius 1 is 1.45 bits per heavy atom. The number of aliphatic hydroxyl groups is 1. The average Bonchev–Trinajstić information content (AvgIpc) is 2.81. The molecule has 1 atom stereocenters. The molecule has 0 amide bonds. The second-order valence-corrected chi connectivity index (χ2v) is 7.57.